The van der Waals surface area contributed by atoms with Crippen LogP contribution in [0.25, 0.3) is 0 Å². The molecule has 0 radical (unpaired) electrons. The smallest absolute Gasteiger partial charge is 0.450 e. The Bertz CT molecular complexity index is 267. The van der Waals surface area contributed by atoms with E-state index < -0.39 is 12.3 Å². The number of carbonyl (C=O) groups is 2. The Morgan fingerprint density at radius 3 is 1.25 bits per heavy atom. The first-order valence-electron chi connectivity index (χ1n) is 3.71. The summed E-state index contributed by atoms with van der Waals surface area (Å²) in [7, 11) is 0. The quantitative estimate of drug-likeness (QED) is 0.564. The van der Waals surface area contributed by atoms with Crippen molar-refractivity contribution >= 4 is 24.7 Å². The topological polar surface area (TPSA) is 115 Å². The summed E-state index contributed by atoms with van der Waals surface area (Å²) in [5, 5.41) is 27.9. The highest BCUT2D eigenvalue weighted by molar-refractivity contribution is 5.85. The maximum Gasteiger partial charge on any atom is 0.503 e. The van der Waals surface area contributed by atoms with Gasteiger partial charge >= 0.3 is 12.3 Å². The van der Waals surface area contributed by atoms with Gasteiger partial charge < -0.3 is 20.4 Å². The van der Waals surface area contributed by atoms with Crippen LogP contribution in [0.2, 0.25) is 0 Å². The zero-order valence-corrected chi connectivity index (χ0v) is 9.22. The average Bonchev–Trinajstić information content (AvgIpc) is 2.03. The van der Waals surface area contributed by atoms with E-state index >= 15 is 0 Å². The first kappa shape index (κ1) is 19.6. The highest BCUT2D eigenvalue weighted by atomic mass is 35.5. The molecule has 0 aliphatic carbocycles. The van der Waals surface area contributed by atoms with Crippen LogP contribution >= 0.6 is 12.4 Å². The minimum absolute atomic E-state index is 0. The summed E-state index contributed by atoms with van der Waals surface area (Å²) in [6.07, 6.45) is -3.67. The number of hydrogen-bond donors (Lipinski definition) is 4. The lowest BCUT2D eigenvalue weighted by molar-refractivity contribution is 0.135. The predicted octanol–water partition coefficient (Wildman–Crippen LogP) is 2.86. The van der Waals surface area contributed by atoms with E-state index in [4.69, 9.17) is 30.0 Å². The highest BCUT2D eigenvalue weighted by Crippen LogP contribution is 1.92. The van der Waals surface area contributed by atoms with E-state index in [0.717, 1.165) is 0 Å². The SMILES string of the molecule is Cc1ccccc1.Cl.O=C(O)O.O=C(O)O. The summed E-state index contributed by atoms with van der Waals surface area (Å²) in [5.74, 6) is 0. The second-order valence-electron chi connectivity index (χ2n) is 2.22. The predicted molar refractivity (Wildman–Crippen MR) is 59.7 cm³/mol. The van der Waals surface area contributed by atoms with Crippen molar-refractivity contribution in [2.75, 3.05) is 0 Å². The lowest BCUT2D eigenvalue weighted by atomic mass is 10.2. The maximum atomic E-state index is 8.56. The second-order valence-corrected chi connectivity index (χ2v) is 2.22. The summed E-state index contributed by atoms with van der Waals surface area (Å²) < 4.78 is 0. The molecule has 0 amide bonds. The molecule has 0 unspecified atom stereocenters. The molecule has 0 aliphatic rings. The number of carboxylic acid groups (broad SMARTS) is 4. The average molecular weight is 253 g/mol. The number of hydrogen-bond acceptors (Lipinski definition) is 2. The monoisotopic (exact) mass is 252 g/mol. The Morgan fingerprint density at radius 2 is 1.12 bits per heavy atom. The van der Waals surface area contributed by atoms with Crippen LogP contribution in [0, 0.1) is 6.92 Å². The summed E-state index contributed by atoms with van der Waals surface area (Å²) >= 11 is 0. The molecule has 1 aromatic rings. The van der Waals surface area contributed by atoms with Crippen LogP contribution in [0.4, 0.5) is 9.59 Å². The molecule has 92 valence electrons. The van der Waals surface area contributed by atoms with Crippen LogP contribution < -0.4 is 0 Å². The Balaban J connectivity index is -0.000000166. The van der Waals surface area contributed by atoms with E-state index in [-0.39, 0.29) is 12.4 Å². The Kier molecular flexibility index (Phi) is 16.0. The van der Waals surface area contributed by atoms with E-state index in [9.17, 15) is 0 Å². The van der Waals surface area contributed by atoms with Crippen molar-refractivity contribution in [1.82, 2.24) is 0 Å². The zero-order chi connectivity index (χ0) is 12.3. The minimum Gasteiger partial charge on any atom is -0.450 e. The van der Waals surface area contributed by atoms with E-state index in [1.807, 2.05) is 18.2 Å². The molecule has 16 heavy (non-hydrogen) atoms. The van der Waals surface area contributed by atoms with Crippen molar-refractivity contribution in [2.24, 2.45) is 0 Å². The summed E-state index contributed by atoms with van der Waals surface area (Å²) in [6.45, 7) is 2.08. The van der Waals surface area contributed by atoms with Crippen molar-refractivity contribution in [3.63, 3.8) is 0 Å². The van der Waals surface area contributed by atoms with Gasteiger partial charge in [-0.05, 0) is 6.92 Å². The van der Waals surface area contributed by atoms with Gasteiger partial charge in [0, 0.05) is 0 Å². The Morgan fingerprint density at radius 1 is 0.875 bits per heavy atom. The van der Waals surface area contributed by atoms with Gasteiger partial charge in [-0.3, -0.25) is 0 Å². The fraction of sp³-hybridized carbons (Fsp3) is 0.111. The largest absolute Gasteiger partial charge is 0.503 e. The summed E-state index contributed by atoms with van der Waals surface area (Å²) in [6, 6.07) is 10.3. The molecule has 0 atom stereocenters. The molecule has 7 heteroatoms. The molecule has 0 bridgehead atoms. The Labute approximate surface area is 98.2 Å². The summed E-state index contributed by atoms with van der Waals surface area (Å²) in [5.41, 5.74) is 1.32. The molecule has 4 N–H and O–H groups in total. The third-order valence-electron chi connectivity index (χ3n) is 0.940. The van der Waals surface area contributed by atoms with Crippen LogP contribution in [0.15, 0.2) is 30.3 Å². The third kappa shape index (κ3) is 40.2. The van der Waals surface area contributed by atoms with Gasteiger partial charge in [0.05, 0.1) is 0 Å². The summed E-state index contributed by atoms with van der Waals surface area (Å²) in [4.78, 5) is 17.1. The van der Waals surface area contributed by atoms with Crippen molar-refractivity contribution in [1.29, 1.82) is 0 Å². The van der Waals surface area contributed by atoms with Gasteiger partial charge in [-0.25, -0.2) is 9.59 Å². The van der Waals surface area contributed by atoms with Gasteiger partial charge in [0.25, 0.3) is 0 Å². The number of rotatable bonds is 0. The number of aryl methyl sites for hydroxylation is 1. The standard InChI is InChI=1S/C7H8.2CH2O3.ClH/c1-7-5-3-2-4-6-7;2*2-1(3)4;/h2-6H,1H3;2*(H2,2,3,4);1H. The van der Waals surface area contributed by atoms with Crippen LogP contribution in [-0.4, -0.2) is 32.7 Å². The molecule has 0 fully saturated rings. The first-order valence-corrected chi connectivity index (χ1v) is 3.71. The molecule has 0 aromatic heterocycles. The van der Waals surface area contributed by atoms with Crippen LogP contribution in [0.3, 0.4) is 0 Å². The molecular weight excluding hydrogens is 240 g/mol. The van der Waals surface area contributed by atoms with Crippen LogP contribution in [-0.2, 0) is 0 Å². The molecule has 0 spiro atoms. The maximum absolute atomic E-state index is 8.56. The molecular formula is C9H13ClO6. The van der Waals surface area contributed by atoms with Gasteiger partial charge in [-0.1, -0.05) is 35.9 Å². The molecule has 0 saturated carbocycles. The van der Waals surface area contributed by atoms with Crippen molar-refractivity contribution in [3.8, 4) is 0 Å². The van der Waals surface area contributed by atoms with Crippen molar-refractivity contribution in [2.45, 2.75) is 6.92 Å². The fourth-order valence-corrected chi connectivity index (χ4v) is 0.534. The molecule has 1 aromatic carbocycles. The normalized spacial score (nSPS) is 6.81. The van der Waals surface area contributed by atoms with Gasteiger partial charge in [-0.15, -0.1) is 12.4 Å². The van der Waals surface area contributed by atoms with Gasteiger partial charge in [0.15, 0.2) is 0 Å². The van der Waals surface area contributed by atoms with E-state index in [0.29, 0.717) is 0 Å². The number of benzene rings is 1. The van der Waals surface area contributed by atoms with Crippen LogP contribution in [0.1, 0.15) is 5.56 Å². The molecule has 1 rings (SSSR count). The molecule has 6 nitrogen and oxygen atoms in total. The fourth-order valence-electron chi connectivity index (χ4n) is 0.534. The molecule has 0 saturated heterocycles. The minimum atomic E-state index is -1.83. The highest BCUT2D eigenvalue weighted by Gasteiger charge is 1.72. The lowest BCUT2D eigenvalue weighted by Crippen LogP contribution is -1.81. The van der Waals surface area contributed by atoms with Crippen LogP contribution in [0.5, 0.6) is 0 Å². The lowest BCUT2D eigenvalue weighted by Gasteiger charge is -1.82. The molecule has 0 heterocycles. The van der Waals surface area contributed by atoms with Gasteiger partial charge in [0.2, 0.25) is 0 Å². The van der Waals surface area contributed by atoms with Gasteiger partial charge in [-0.2, -0.15) is 0 Å². The molecule has 0 aliphatic heterocycles. The van der Waals surface area contributed by atoms with E-state index in [1.165, 1.54) is 5.56 Å². The van der Waals surface area contributed by atoms with Gasteiger partial charge in [0.1, 0.15) is 0 Å². The van der Waals surface area contributed by atoms with E-state index in [2.05, 4.69) is 19.1 Å². The zero-order valence-electron chi connectivity index (χ0n) is 8.40. The van der Waals surface area contributed by atoms with Crippen molar-refractivity contribution < 1.29 is 30.0 Å². The van der Waals surface area contributed by atoms with Crippen molar-refractivity contribution in [3.05, 3.63) is 35.9 Å². The third-order valence-corrected chi connectivity index (χ3v) is 0.940. The number of halogens is 1. The second kappa shape index (κ2) is 13.1. The first-order chi connectivity index (χ1) is 6.86. The Hall–Kier alpha value is -1.95. The van der Waals surface area contributed by atoms with E-state index in [1.54, 1.807) is 0 Å².